The zero-order valence-electron chi connectivity index (χ0n) is 13.3. The van der Waals surface area contributed by atoms with Crippen molar-refractivity contribution in [1.82, 2.24) is 0 Å². The van der Waals surface area contributed by atoms with Gasteiger partial charge in [-0.15, -0.1) is 0 Å². The van der Waals surface area contributed by atoms with Gasteiger partial charge in [-0.2, -0.15) is 0 Å². The first kappa shape index (κ1) is 15.9. The van der Waals surface area contributed by atoms with Gasteiger partial charge >= 0.3 is 5.97 Å². The van der Waals surface area contributed by atoms with E-state index >= 15 is 0 Å². The van der Waals surface area contributed by atoms with Crippen molar-refractivity contribution in [3.63, 3.8) is 0 Å². The second kappa shape index (κ2) is 6.97. The average molecular weight is 290 g/mol. The molecule has 0 aliphatic heterocycles. The van der Waals surface area contributed by atoms with Gasteiger partial charge in [0.2, 0.25) is 0 Å². The summed E-state index contributed by atoms with van der Waals surface area (Å²) in [7, 11) is 0. The van der Waals surface area contributed by atoms with Crippen LogP contribution >= 0.6 is 0 Å². The van der Waals surface area contributed by atoms with Gasteiger partial charge in [-0.3, -0.25) is 4.79 Å². The summed E-state index contributed by atoms with van der Waals surface area (Å²) in [4.78, 5) is 11.1. The van der Waals surface area contributed by atoms with Crippen LogP contribution in [-0.4, -0.2) is 17.7 Å². The number of hydrogen-bond acceptors (Lipinski definition) is 2. The molecule has 2 rings (SSSR count). The van der Waals surface area contributed by atoms with Gasteiger partial charge in [0.25, 0.3) is 0 Å². The highest BCUT2D eigenvalue weighted by atomic mass is 16.5. The minimum atomic E-state index is -0.644. The third-order valence-electron chi connectivity index (χ3n) is 4.25. The Labute approximate surface area is 127 Å². The van der Waals surface area contributed by atoms with Crippen molar-refractivity contribution < 1.29 is 14.6 Å². The van der Waals surface area contributed by atoms with Crippen LogP contribution in [0.4, 0.5) is 0 Å². The van der Waals surface area contributed by atoms with Crippen molar-refractivity contribution in [3.8, 4) is 5.75 Å². The molecule has 1 N–H and O–H groups in total. The van der Waals surface area contributed by atoms with Crippen LogP contribution in [0.2, 0.25) is 0 Å². The second-order valence-electron chi connectivity index (χ2n) is 6.63. The zero-order chi connectivity index (χ0) is 15.4. The van der Waals surface area contributed by atoms with Crippen LogP contribution < -0.4 is 4.74 Å². The summed E-state index contributed by atoms with van der Waals surface area (Å²) < 4.78 is 5.96. The normalized spacial score (nSPS) is 22.3. The third kappa shape index (κ3) is 4.23. The molecule has 0 spiro atoms. The summed E-state index contributed by atoms with van der Waals surface area (Å²) in [5.74, 6) is 1.11. The molecule has 0 atom stereocenters. The predicted octanol–water partition coefficient (Wildman–Crippen LogP) is 4.39. The Bertz CT molecular complexity index is 485. The molecule has 0 heterocycles. The summed E-state index contributed by atoms with van der Waals surface area (Å²) in [6.07, 6.45) is 3.44. The molecule has 0 bridgehead atoms. The smallest absolute Gasteiger partial charge is 0.306 e. The molecule has 116 valence electrons. The zero-order valence-corrected chi connectivity index (χ0v) is 13.3. The van der Waals surface area contributed by atoms with E-state index in [1.165, 1.54) is 11.1 Å². The van der Waals surface area contributed by atoms with Crippen molar-refractivity contribution in [2.45, 2.75) is 52.4 Å². The van der Waals surface area contributed by atoms with Gasteiger partial charge in [0.1, 0.15) is 5.75 Å². The number of rotatable bonds is 5. The Morgan fingerprint density at radius 1 is 1.29 bits per heavy atom. The van der Waals surface area contributed by atoms with Crippen LogP contribution in [0.15, 0.2) is 18.2 Å². The van der Waals surface area contributed by atoms with Crippen LogP contribution in [0.5, 0.6) is 5.75 Å². The SMILES string of the molecule is Cc1ccc(OCC(C)C)c(C2CCC(C(=O)O)CC2)c1. The number of aliphatic carboxylic acids is 1. The lowest BCUT2D eigenvalue weighted by Crippen LogP contribution is -2.21. The number of hydrogen-bond donors (Lipinski definition) is 1. The number of aryl methyl sites for hydroxylation is 1. The van der Waals surface area contributed by atoms with Crippen LogP contribution in [0.25, 0.3) is 0 Å². The summed E-state index contributed by atoms with van der Waals surface area (Å²) in [5.41, 5.74) is 2.50. The maximum Gasteiger partial charge on any atom is 0.306 e. The molecule has 1 fully saturated rings. The molecule has 0 saturated heterocycles. The predicted molar refractivity (Wildman–Crippen MR) is 83.8 cm³/mol. The number of carbonyl (C=O) groups is 1. The van der Waals surface area contributed by atoms with E-state index in [0.29, 0.717) is 11.8 Å². The van der Waals surface area contributed by atoms with Crippen LogP contribution in [0.3, 0.4) is 0 Å². The molecule has 1 aromatic carbocycles. The van der Waals surface area contributed by atoms with E-state index in [1.54, 1.807) is 0 Å². The van der Waals surface area contributed by atoms with E-state index in [9.17, 15) is 4.79 Å². The Kier molecular flexibility index (Phi) is 5.27. The monoisotopic (exact) mass is 290 g/mol. The van der Waals surface area contributed by atoms with Gasteiger partial charge in [-0.1, -0.05) is 31.5 Å². The highest BCUT2D eigenvalue weighted by molar-refractivity contribution is 5.70. The van der Waals surface area contributed by atoms with Crippen molar-refractivity contribution >= 4 is 5.97 Å². The molecular weight excluding hydrogens is 264 g/mol. The number of benzene rings is 1. The molecule has 3 nitrogen and oxygen atoms in total. The number of carboxylic acids is 1. The Morgan fingerprint density at radius 3 is 2.52 bits per heavy atom. The number of ether oxygens (including phenoxy) is 1. The molecule has 0 radical (unpaired) electrons. The molecule has 0 amide bonds. The van der Waals surface area contributed by atoms with Gasteiger partial charge < -0.3 is 9.84 Å². The highest BCUT2D eigenvalue weighted by Gasteiger charge is 2.28. The van der Waals surface area contributed by atoms with Crippen molar-refractivity contribution in [1.29, 1.82) is 0 Å². The van der Waals surface area contributed by atoms with E-state index in [2.05, 4.69) is 39.0 Å². The first-order valence-corrected chi connectivity index (χ1v) is 7.93. The van der Waals surface area contributed by atoms with Crippen LogP contribution in [0.1, 0.15) is 56.6 Å². The standard InChI is InChI=1S/C18H26O3/c1-12(2)11-21-17-9-4-13(3)10-16(17)14-5-7-15(8-6-14)18(19)20/h4,9-10,12,14-15H,5-8,11H2,1-3H3,(H,19,20). The molecule has 21 heavy (non-hydrogen) atoms. The quantitative estimate of drug-likeness (QED) is 0.875. The lowest BCUT2D eigenvalue weighted by molar-refractivity contribution is -0.142. The second-order valence-corrected chi connectivity index (χ2v) is 6.63. The van der Waals surface area contributed by atoms with Crippen LogP contribution in [0, 0.1) is 18.8 Å². The largest absolute Gasteiger partial charge is 0.493 e. The molecule has 0 unspecified atom stereocenters. The molecule has 1 aromatic rings. The minimum absolute atomic E-state index is 0.161. The lowest BCUT2D eigenvalue weighted by Gasteiger charge is -2.28. The van der Waals surface area contributed by atoms with E-state index < -0.39 is 5.97 Å². The summed E-state index contributed by atoms with van der Waals surface area (Å²) in [5, 5.41) is 9.11. The fraction of sp³-hybridized carbons (Fsp3) is 0.611. The fourth-order valence-corrected chi connectivity index (χ4v) is 3.03. The molecule has 0 aromatic heterocycles. The van der Waals surface area contributed by atoms with Crippen LogP contribution in [-0.2, 0) is 4.79 Å². The maximum atomic E-state index is 11.1. The van der Waals surface area contributed by atoms with Crippen molar-refractivity contribution in [3.05, 3.63) is 29.3 Å². The summed E-state index contributed by atoms with van der Waals surface area (Å²) >= 11 is 0. The molecule has 1 saturated carbocycles. The first-order chi connectivity index (χ1) is 9.97. The van der Waals surface area contributed by atoms with Gasteiger partial charge in [-0.25, -0.2) is 0 Å². The Hall–Kier alpha value is -1.51. The highest BCUT2D eigenvalue weighted by Crippen LogP contribution is 2.40. The maximum absolute atomic E-state index is 11.1. The van der Waals surface area contributed by atoms with Crippen molar-refractivity contribution in [2.75, 3.05) is 6.61 Å². The molecule has 1 aliphatic carbocycles. The topological polar surface area (TPSA) is 46.5 Å². The van der Waals surface area contributed by atoms with Gasteiger partial charge in [0, 0.05) is 0 Å². The van der Waals surface area contributed by atoms with E-state index in [-0.39, 0.29) is 5.92 Å². The van der Waals surface area contributed by atoms with Crippen molar-refractivity contribution in [2.24, 2.45) is 11.8 Å². The fourth-order valence-electron chi connectivity index (χ4n) is 3.03. The summed E-state index contributed by atoms with van der Waals surface area (Å²) in [6, 6.07) is 6.36. The first-order valence-electron chi connectivity index (χ1n) is 7.93. The number of carboxylic acid groups (broad SMARTS) is 1. The molecular formula is C18H26O3. The summed E-state index contributed by atoms with van der Waals surface area (Å²) in [6.45, 7) is 7.11. The van der Waals surface area contributed by atoms with Gasteiger partial charge in [-0.05, 0) is 56.1 Å². The van der Waals surface area contributed by atoms with E-state index in [4.69, 9.17) is 9.84 Å². The molecule has 1 aliphatic rings. The van der Waals surface area contributed by atoms with E-state index in [1.807, 2.05) is 0 Å². The Balaban J connectivity index is 2.11. The lowest BCUT2D eigenvalue weighted by atomic mass is 9.78. The average Bonchev–Trinajstić information content (AvgIpc) is 2.46. The van der Waals surface area contributed by atoms with E-state index in [0.717, 1.165) is 38.0 Å². The molecule has 3 heteroatoms. The van der Waals surface area contributed by atoms with Gasteiger partial charge in [0.05, 0.1) is 12.5 Å². The van der Waals surface area contributed by atoms with Gasteiger partial charge in [0.15, 0.2) is 0 Å². The Morgan fingerprint density at radius 2 is 1.95 bits per heavy atom. The third-order valence-corrected chi connectivity index (χ3v) is 4.25. The minimum Gasteiger partial charge on any atom is -0.493 e.